The van der Waals surface area contributed by atoms with Gasteiger partial charge in [0.05, 0.1) is 18.8 Å². The minimum Gasteiger partial charge on any atom is -0.394 e. The summed E-state index contributed by atoms with van der Waals surface area (Å²) in [5, 5.41) is 21.9. The van der Waals surface area contributed by atoms with Crippen molar-refractivity contribution in [3.63, 3.8) is 0 Å². The molecule has 1 unspecified atom stereocenters. The van der Waals surface area contributed by atoms with Gasteiger partial charge in [-0.25, -0.2) is 4.98 Å². The summed E-state index contributed by atoms with van der Waals surface area (Å²) < 4.78 is 0. The normalized spacial score (nSPS) is 15.4. The molecule has 0 aliphatic rings. The first kappa shape index (κ1) is 11.6. The Morgan fingerprint density at radius 2 is 2.36 bits per heavy atom. The number of hydrogen-bond donors (Lipinski definition) is 3. The van der Waals surface area contributed by atoms with E-state index in [1.807, 2.05) is 20.0 Å². The fourth-order valence-corrected chi connectivity index (χ4v) is 1.84. The van der Waals surface area contributed by atoms with Crippen LogP contribution in [0.25, 0.3) is 0 Å². The summed E-state index contributed by atoms with van der Waals surface area (Å²) in [6.45, 7) is 4.17. The number of aromatic nitrogens is 1. The van der Waals surface area contributed by atoms with Gasteiger partial charge in [-0.2, -0.15) is 0 Å². The number of aliphatic hydroxyl groups is 2. The van der Waals surface area contributed by atoms with Crippen LogP contribution in [0.4, 0.5) is 0 Å². The van der Waals surface area contributed by atoms with Crippen molar-refractivity contribution in [2.24, 2.45) is 0 Å². The van der Waals surface area contributed by atoms with Crippen molar-refractivity contribution in [2.75, 3.05) is 13.2 Å². The molecule has 0 saturated carbocycles. The molecule has 0 bridgehead atoms. The average molecular weight is 216 g/mol. The van der Waals surface area contributed by atoms with Crippen LogP contribution in [-0.4, -0.2) is 34.5 Å². The third kappa shape index (κ3) is 3.34. The highest BCUT2D eigenvalue weighted by Crippen LogP contribution is 2.18. The van der Waals surface area contributed by atoms with Crippen LogP contribution in [0.5, 0.6) is 0 Å². The van der Waals surface area contributed by atoms with Gasteiger partial charge < -0.3 is 15.5 Å². The van der Waals surface area contributed by atoms with Crippen LogP contribution in [0.2, 0.25) is 0 Å². The van der Waals surface area contributed by atoms with Crippen molar-refractivity contribution in [3.05, 3.63) is 16.1 Å². The second-order valence-electron chi connectivity index (χ2n) is 3.28. The van der Waals surface area contributed by atoms with Crippen LogP contribution in [0.3, 0.4) is 0 Å². The third-order valence-electron chi connectivity index (χ3n) is 1.88. The van der Waals surface area contributed by atoms with Gasteiger partial charge in [0, 0.05) is 17.6 Å². The molecule has 0 radical (unpaired) electrons. The zero-order valence-electron chi connectivity index (χ0n) is 8.40. The summed E-state index contributed by atoms with van der Waals surface area (Å²) in [7, 11) is 0. The highest BCUT2D eigenvalue weighted by molar-refractivity contribution is 7.11. The molecule has 14 heavy (non-hydrogen) atoms. The molecule has 0 spiro atoms. The topological polar surface area (TPSA) is 65.4 Å². The van der Waals surface area contributed by atoms with Crippen LogP contribution in [-0.2, 0) is 0 Å². The van der Waals surface area contributed by atoms with Crippen molar-refractivity contribution in [1.82, 2.24) is 10.3 Å². The van der Waals surface area contributed by atoms with Gasteiger partial charge in [0.15, 0.2) is 0 Å². The molecule has 1 aromatic heterocycles. The Hall–Kier alpha value is -0.490. The van der Waals surface area contributed by atoms with Crippen molar-refractivity contribution < 1.29 is 10.2 Å². The Morgan fingerprint density at radius 1 is 1.64 bits per heavy atom. The van der Waals surface area contributed by atoms with Gasteiger partial charge in [-0.15, -0.1) is 11.3 Å². The summed E-state index contributed by atoms with van der Waals surface area (Å²) in [4.78, 5) is 5.41. The molecule has 0 amide bonds. The fourth-order valence-electron chi connectivity index (χ4n) is 1.04. The van der Waals surface area contributed by atoms with E-state index in [0.717, 1.165) is 5.01 Å². The smallest absolute Gasteiger partial charge is 0.109 e. The van der Waals surface area contributed by atoms with Gasteiger partial charge in [-0.3, -0.25) is 0 Å². The first-order valence-electron chi connectivity index (χ1n) is 4.58. The molecule has 4 nitrogen and oxygen atoms in total. The predicted molar refractivity (Wildman–Crippen MR) is 56.4 cm³/mol. The van der Waals surface area contributed by atoms with Crippen molar-refractivity contribution in [1.29, 1.82) is 0 Å². The second kappa shape index (κ2) is 5.41. The average Bonchev–Trinajstić information content (AvgIpc) is 2.60. The van der Waals surface area contributed by atoms with Crippen molar-refractivity contribution in [2.45, 2.75) is 26.0 Å². The molecular weight excluding hydrogens is 200 g/mol. The van der Waals surface area contributed by atoms with E-state index in [1.165, 1.54) is 4.88 Å². The molecular formula is C9H16N2O2S. The van der Waals surface area contributed by atoms with Gasteiger partial charge in [0.2, 0.25) is 0 Å². The maximum absolute atomic E-state index is 9.13. The second-order valence-corrected chi connectivity index (χ2v) is 4.54. The molecule has 0 fully saturated rings. The summed E-state index contributed by atoms with van der Waals surface area (Å²) in [6.07, 6.45) is 1.14. The molecule has 2 atom stereocenters. The number of rotatable bonds is 5. The summed E-state index contributed by atoms with van der Waals surface area (Å²) in [6, 6.07) is 0.120. The highest BCUT2D eigenvalue weighted by Gasteiger charge is 2.10. The van der Waals surface area contributed by atoms with Gasteiger partial charge in [0.1, 0.15) is 5.01 Å². The molecule has 0 aliphatic carbocycles. The monoisotopic (exact) mass is 216 g/mol. The van der Waals surface area contributed by atoms with E-state index in [1.54, 1.807) is 11.3 Å². The maximum Gasteiger partial charge on any atom is 0.109 e. The summed E-state index contributed by atoms with van der Waals surface area (Å²) in [5.41, 5.74) is 0. The minimum atomic E-state index is -0.696. The van der Waals surface area contributed by atoms with E-state index >= 15 is 0 Å². The molecule has 0 saturated heterocycles. The highest BCUT2D eigenvalue weighted by atomic mass is 32.1. The lowest BCUT2D eigenvalue weighted by Gasteiger charge is -2.13. The van der Waals surface area contributed by atoms with Gasteiger partial charge in [0.25, 0.3) is 0 Å². The van der Waals surface area contributed by atoms with Gasteiger partial charge in [-0.1, -0.05) is 0 Å². The van der Waals surface area contributed by atoms with Gasteiger partial charge >= 0.3 is 0 Å². The number of nitrogens with one attached hydrogen (secondary N) is 1. The fraction of sp³-hybridized carbons (Fsp3) is 0.667. The van der Waals surface area contributed by atoms with E-state index in [0.29, 0.717) is 6.54 Å². The van der Waals surface area contributed by atoms with Crippen molar-refractivity contribution >= 4 is 11.3 Å². The molecule has 1 aromatic rings. The van der Waals surface area contributed by atoms with Crippen molar-refractivity contribution in [3.8, 4) is 0 Å². The molecule has 0 aromatic carbocycles. The number of aryl methyl sites for hydroxylation is 1. The third-order valence-corrected chi connectivity index (χ3v) is 2.98. The molecule has 80 valence electrons. The first-order valence-corrected chi connectivity index (χ1v) is 5.39. The maximum atomic E-state index is 9.13. The first-order chi connectivity index (χ1) is 6.63. The number of hydrogen-bond acceptors (Lipinski definition) is 5. The summed E-state index contributed by atoms with van der Waals surface area (Å²) >= 11 is 1.64. The van der Waals surface area contributed by atoms with E-state index in [2.05, 4.69) is 10.3 Å². The Bertz CT molecular complexity index is 278. The number of thiazole rings is 1. The van der Waals surface area contributed by atoms with Crippen LogP contribution >= 0.6 is 11.3 Å². The lowest BCUT2D eigenvalue weighted by Crippen LogP contribution is -2.31. The van der Waals surface area contributed by atoms with E-state index in [4.69, 9.17) is 10.2 Å². The molecule has 3 N–H and O–H groups in total. The quantitative estimate of drug-likeness (QED) is 0.669. The summed E-state index contributed by atoms with van der Waals surface area (Å²) in [5.74, 6) is 0. The van der Waals surface area contributed by atoms with Gasteiger partial charge in [-0.05, 0) is 13.8 Å². The standard InChI is InChI=1S/C9H16N2O2S/c1-6-3-11-9(14-6)7(2)10-4-8(13)5-12/h3,7-8,10,12-13H,4-5H2,1-2H3/t7?,8-/m0/s1. The Kier molecular flexibility index (Phi) is 4.47. The van der Waals surface area contributed by atoms with Crippen LogP contribution in [0, 0.1) is 6.92 Å². The zero-order chi connectivity index (χ0) is 10.6. The Balaban J connectivity index is 2.39. The van der Waals surface area contributed by atoms with Crippen LogP contribution in [0.1, 0.15) is 22.9 Å². The zero-order valence-corrected chi connectivity index (χ0v) is 9.21. The number of aliphatic hydroxyl groups excluding tert-OH is 2. The SMILES string of the molecule is Cc1cnc(C(C)NC[C@H](O)CO)s1. The minimum absolute atomic E-state index is 0.120. The van der Waals surface area contributed by atoms with Crippen LogP contribution in [0.15, 0.2) is 6.20 Å². The molecule has 5 heteroatoms. The largest absolute Gasteiger partial charge is 0.394 e. The Labute approximate surface area is 87.6 Å². The van der Waals surface area contributed by atoms with E-state index < -0.39 is 6.10 Å². The Morgan fingerprint density at radius 3 is 2.86 bits per heavy atom. The van der Waals surface area contributed by atoms with E-state index in [9.17, 15) is 0 Å². The molecule has 1 heterocycles. The van der Waals surface area contributed by atoms with E-state index in [-0.39, 0.29) is 12.6 Å². The molecule has 1 rings (SSSR count). The lowest BCUT2D eigenvalue weighted by molar-refractivity contribution is 0.0924. The van der Waals surface area contributed by atoms with Crippen LogP contribution < -0.4 is 5.32 Å². The number of nitrogens with zero attached hydrogens (tertiary/aromatic N) is 1. The lowest BCUT2D eigenvalue weighted by atomic mass is 10.3. The molecule has 0 aliphatic heterocycles. The predicted octanol–water partition coefficient (Wildman–Crippen LogP) is 0.455.